The standard InChI is InChI=1S/C17H30O/c1-3-9-15(10-4-1)17(12-6-2-7-13-17)16-11-5-8-14-18-16/h15-16H,1-14H2. The molecule has 0 spiro atoms. The van der Waals surface area contributed by atoms with E-state index in [1.807, 2.05) is 0 Å². The molecule has 0 aromatic carbocycles. The zero-order valence-corrected chi connectivity index (χ0v) is 12.0. The molecule has 1 atom stereocenters. The SMILES string of the molecule is C1CCC(C2(C3CCCCO3)CCCCC2)CC1. The summed E-state index contributed by atoms with van der Waals surface area (Å²) >= 11 is 0. The topological polar surface area (TPSA) is 9.23 Å². The van der Waals surface area contributed by atoms with Gasteiger partial charge in [0.2, 0.25) is 0 Å². The second-order valence-corrected chi connectivity index (χ2v) is 6.98. The van der Waals surface area contributed by atoms with Crippen LogP contribution >= 0.6 is 0 Å². The minimum absolute atomic E-state index is 0.596. The van der Waals surface area contributed by atoms with Crippen molar-refractivity contribution < 1.29 is 4.74 Å². The Bertz CT molecular complexity index is 222. The van der Waals surface area contributed by atoms with Crippen molar-refractivity contribution in [3.8, 4) is 0 Å². The van der Waals surface area contributed by atoms with Crippen molar-refractivity contribution >= 4 is 0 Å². The maximum atomic E-state index is 6.27. The average Bonchev–Trinajstić information content (AvgIpc) is 2.50. The Morgan fingerprint density at radius 1 is 0.667 bits per heavy atom. The predicted molar refractivity (Wildman–Crippen MR) is 75.7 cm³/mol. The summed E-state index contributed by atoms with van der Waals surface area (Å²) in [5, 5.41) is 0. The van der Waals surface area contributed by atoms with Gasteiger partial charge in [0, 0.05) is 6.61 Å². The fourth-order valence-electron chi connectivity index (χ4n) is 5.07. The van der Waals surface area contributed by atoms with E-state index in [2.05, 4.69) is 0 Å². The molecule has 1 unspecified atom stereocenters. The number of rotatable bonds is 2. The lowest BCUT2D eigenvalue weighted by Gasteiger charge is -2.51. The summed E-state index contributed by atoms with van der Waals surface area (Å²) in [7, 11) is 0. The van der Waals surface area contributed by atoms with Gasteiger partial charge in [-0.25, -0.2) is 0 Å². The van der Waals surface area contributed by atoms with Crippen LogP contribution in [0.1, 0.15) is 83.5 Å². The minimum atomic E-state index is 0.596. The van der Waals surface area contributed by atoms with Crippen LogP contribution in [0.25, 0.3) is 0 Å². The lowest BCUT2D eigenvalue weighted by molar-refractivity contribution is -0.118. The highest BCUT2D eigenvalue weighted by molar-refractivity contribution is 4.96. The molecule has 3 aliphatic rings. The van der Waals surface area contributed by atoms with Crippen molar-refractivity contribution in [1.29, 1.82) is 0 Å². The molecule has 1 nitrogen and oxygen atoms in total. The first-order valence-electron chi connectivity index (χ1n) is 8.53. The molecule has 104 valence electrons. The maximum absolute atomic E-state index is 6.27. The van der Waals surface area contributed by atoms with E-state index in [0.29, 0.717) is 11.5 Å². The Morgan fingerprint density at radius 2 is 1.33 bits per heavy atom. The van der Waals surface area contributed by atoms with Gasteiger partial charge < -0.3 is 4.74 Å². The van der Waals surface area contributed by atoms with Gasteiger partial charge in [-0.15, -0.1) is 0 Å². The third kappa shape index (κ3) is 2.48. The summed E-state index contributed by atoms with van der Waals surface area (Å²) in [5.41, 5.74) is 0.596. The van der Waals surface area contributed by atoms with Crippen molar-refractivity contribution in [3.05, 3.63) is 0 Å². The molecule has 0 aromatic heterocycles. The third-order valence-electron chi connectivity index (χ3n) is 6.02. The van der Waals surface area contributed by atoms with Crippen molar-refractivity contribution in [2.45, 2.75) is 89.6 Å². The van der Waals surface area contributed by atoms with E-state index in [0.717, 1.165) is 12.5 Å². The number of ether oxygens (including phenoxy) is 1. The Balaban J connectivity index is 1.77. The largest absolute Gasteiger partial charge is 0.378 e. The van der Waals surface area contributed by atoms with Crippen LogP contribution in [-0.4, -0.2) is 12.7 Å². The molecule has 0 bridgehead atoms. The normalized spacial score (nSPS) is 34.3. The molecule has 1 saturated heterocycles. The fraction of sp³-hybridized carbons (Fsp3) is 1.00. The van der Waals surface area contributed by atoms with Gasteiger partial charge in [-0.2, -0.15) is 0 Å². The van der Waals surface area contributed by atoms with Gasteiger partial charge in [-0.05, 0) is 56.3 Å². The smallest absolute Gasteiger partial charge is 0.0633 e. The summed E-state index contributed by atoms with van der Waals surface area (Å²) in [4.78, 5) is 0. The van der Waals surface area contributed by atoms with Crippen LogP contribution in [-0.2, 0) is 4.74 Å². The highest BCUT2D eigenvalue weighted by Gasteiger charge is 2.46. The van der Waals surface area contributed by atoms with Gasteiger partial charge >= 0.3 is 0 Å². The molecule has 2 aliphatic carbocycles. The van der Waals surface area contributed by atoms with Gasteiger partial charge in [0.25, 0.3) is 0 Å². The van der Waals surface area contributed by atoms with Gasteiger partial charge in [-0.3, -0.25) is 0 Å². The predicted octanol–water partition coefficient (Wildman–Crippen LogP) is 5.09. The zero-order chi connectivity index (χ0) is 12.3. The van der Waals surface area contributed by atoms with Gasteiger partial charge in [-0.1, -0.05) is 38.5 Å². The quantitative estimate of drug-likeness (QED) is 0.663. The lowest BCUT2D eigenvalue weighted by Crippen LogP contribution is -2.46. The summed E-state index contributed by atoms with van der Waals surface area (Å²) in [6, 6.07) is 0. The van der Waals surface area contributed by atoms with E-state index >= 15 is 0 Å². The van der Waals surface area contributed by atoms with Crippen LogP contribution in [0.15, 0.2) is 0 Å². The average molecular weight is 250 g/mol. The second kappa shape index (κ2) is 5.94. The Hall–Kier alpha value is -0.0400. The van der Waals surface area contributed by atoms with E-state index in [9.17, 15) is 0 Å². The highest BCUT2D eigenvalue weighted by atomic mass is 16.5. The Kier molecular flexibility index (Phi) is 4.28. The molecular weight excluding hydrogens is 220 g/mol. The molecule has 0 radical (unpaired) electrons. The molecule has 0 aromatic rings. The maximum Gasteiger partial charge on any atom is 0.0633 e. The molecule has 1 heteroatoms. The summed E-state index contributed by atoms with van der Waals surface area (Å²) in [6.07, 6.45) is 19.5. The van der Waals surface area contributed by atoms with Crippen LogP contribution in [0.5, 0.6) is 0 Å². The zero-order valence-electron chi connectivity index (χ0n) is 12.0. The van der Waals surface area contributed by atoms with E-state index in [1.165, 1.54) is 83.5 Å². The molecule has 0 N–H and O–H groups in total. The monoisotopic (exact) mass is 250 g/mol. The van der Waals surface area contributed by atoms with Gasteiger partial charge in [0.1, 0.15) is 0 Å². The van der Waals surface area contributed by atoms with Crippen LogP contribution in [0.2, 0.25) is 0 Å². The highest BCUT2D eigenvalue weighted by Crippen LogP contribution is 2.52. The van der Waals surface area contributed by atoms with Crippen LogP contribution in [0, 0.1) is 11.3 Å². The van der Waals surface area contributed by atoms with Crippen molar-refractivity contribution in [2.75, 3.05) is 6.61 Å². The van der Waals surface area contributed by atoms with Crippen LogP contribution < -0.4 is 0 Å². The fourth-order valence-corrected chi connectivity index (χ4v) is 5.07. The lowest BCUT2D eigenvalue weighted by atomic mass is 9.58. The van der Waals surface area contributed by atoms with E-state index in [-0.39, 0.29) is 0 Å². The Labute approximate surface area is 113 Å². The first-order valence-corrected chi connectivity index (χ1v) is 8.53. The van der Waals surface area contributed by atoms with Crippen LogP contribution in [0.4, 0.5) is 0 Å². The van der Waals surface area contributed by atoms with E-state index in [1.54, 1.807) is 0 Å². The van der Waals surface area contributed by atoms with Gasteiger partial charge in [0.15, 0.2) is 0 Å². The number of hydrogen-bond acceptors (Lipinski definition) is 1. The van der Waals surface area contributed by atoms with Crippen molar-refractivity contribution in [3.63, 3.8) is 0 Å². The Morgan fingerprint density at radius 3 is 2.00 bits per heavy atom. The van der Waals surface area contributed by atoms with Crippen molar-refractivity contribution in [2.24, 2.45) is 11.3 Å². The minimum Gasteiger partial charge on any atom is -0.378 e. The molecule has 3 rings (SSSR count). The molecule has 0 amide bonds. The molecule has 1 heterocycles. The third-order valence-corrected chi connectivity index (χ3v) is 6.02. The molecule has 3 fully saturated rings. The summed E-state index contributed by atoms with van der Waals surface area (Å²) < 4.78 is 6.27. The number of hydrogen-bond donors (Lipinski definition) is 0. The first-order chi connectivity index (χ1) is 8.92. The molecule has 1 aliphatic heterocycles. The summed E-state index contributed by atoms with van der Waals surface area (Å²) in [6.45, 7) is 1.04. The molecule has 2 saturated carbocycles. The molecule has 18 heavy (non-hydrogen) atoms. The second-order valence-electron chi connectivity index (χ2n) is 6.98. The first kappa shape index (κ1) is 13.0. The summed E-state index contributed by atoms with van der Waals surface area (Å²) in [5.74, 6) is 0.995. The molecular formula is C17H30O. The van der Waals surface area contributed by atoms with Gasteiger partial charge in [0.05, 0.1) is 6.10 Å². The van der Waals surface area contributed by atoms with Crippen LogP contribution in [0.3, 0.4) is 0 Å². The van der Waals surface area contributed by atoms with Crippen molar-refractivity contribution in [1.82, 2.24) is 0 Å². The van der Waals surface area contributed by atoms with E-state index < -0.39 is 0 Å². The van der Waals surface area contributed by atoms with E-state index in [4.69, 9.17) is 4.74 Å².